The predicted octanol–water partition coefficient (Wildman–Crippen LogP) is 2.94. The van der Waals surface area contributed by atoms with Crippen molar-refractivity contribution in [2.75, 3.05) is 5.32 Å². The highest BCUT2D eigenvalue weighted by Crippen LogP contribution is 2.36. The number of carbonyl (C=O) groups excluding carboxylic acids is 1. The maximum atomic E-state index is 12.3. The van der Waals surface area contributed by atoms with Crippen LogP contribution in [0.15, 0.2) is 42.6 Å². The SMILES string of the molecule is Cc1cccnc1C(=O)Nc1ccc(B2OC(C)(C)C(C)(C)O2)cc1. The van der Waals surface area contributed by atoms with E-state index in [1.54, 1.807) is 6.20 Å². The molecule has 2 aromatic rings. The first-order valence-corrected chi connectivity index (χ1v) is 8.38. The van der Waals surface area contributed by atoms with E-state index in [0.717, 1.165) is 11.0 Å². The number of hydrogen-bond donors (Lipinski definition) is 1. The van der Waals surface area contributed by atoms with Crippen molar-refractivity contribution < 1.29 is 14.1 Å². The van der Waals surface area contributed by atoms with Gasteiger partial charge in [0.1, 0.15) is 5.69 Å². The molecule has 0 bridgehead atoms. The van der Waals surface area contributed by atoms with E-state index in [1.165, 1.54) is 0 Å². The van der Waals surface area contributed by atoms with Gasteiger partial charge in [-0.1, -0.05) is 18.2 Å². The standard InChI is InChI=1S/C19H23BN2O3/c1-13-7-6-12-21-16(13)17(23)22-15-10-8-14(9-11-15)20-24-18(2,3)19(4,5)25-20/h6-12H,1-5H3,(H,22,23). The van der Waals surface area contributed by atoms with Crippen LogP contribution in [0.4, 0.5) is 5.69 Å². The average molecular weight is 338 g/mol. The Labute approximate surface area is 148 Å². The summed E-state index contributed by atoms with van der Waals surface area (Å²) in [6.45, 7) is 9.96. The van der Waals surface area contributed by atoms with Crippen molar-refractivity contribution in [2.24, 2.45) is 0 Å². The summed E-state index contributed by atoms with van der Waals surface area (Å²) < 4.78 is 12.1. The van der Waals surface area contributed by atoms with Gasteiger partial charge in [0.2, 0.25) is 0 Å². The first kappa shape index (κ1) is 17.6. The molecule has 1 aliphatic heterocycles. The summed E-state index contributed by atoms with van der Waals surface area (Å²) in [6.07, 6.45) is 1.61. The number of amides is 1. The summed E-state index contributed by atoms with van der Waals surface area (Å²) in [5, 5.41) is 2.87. The molecule has 1 amide bonds. The number of anilines is 1. The molecule has 1 N–H and O–H groups in total. The van der Waals surface area contributed by atoms with E-state index in [-0.39, 0.29) is 17.1 Å². The predicted molar refractivity (Wildman–Crippen MR) is 99.1 cm³/mol. The summed E-state index contributed by atoms with van der Waals surface area (Å²) in [5.41, 5.74) is 2.15. The van der Waals surface area contributed by atoms with E-state index in [0.29, 0.717) is 11.4 Å². The lowest BCUT2D eigenvalue weighted by Gasteiger charge is -2.32. The normalized spacial score (nSPS) is 18.2. The van der Waals surface area contributed by atoms with Crippen LogP contribution in [0.3, 0.4) is 0 Å². The largest absolute Gasteiger partial charge is 0.494 e. The number of nitrogens with one attached hydrogen (secondary N) is 1. The first-order chi connectivity index (χ1) is 11.7. The van der Waals surface area contributed by atoms with Crippen molar-refractivity contribution in [2.45, 2.75) is 45.8 Å². The molecule has 0 saturated carbocycles. The monoisotopic (exact) mass is 338 g/mol. The number of hydrogen-bond acceptors (Lipinski definition) is 4. The first-order valence-electron chi connectivity index (χ1n) is 8.38. The van der Waals surface area contributed by atoms with Gasteiger partial charge in [0, 0.05) is 11.9 Å². The quantitative estimate of drug-likeness (QED) is 0.874. The third-order valence-electron chi connectivity index (χ3n) is 4.92. The number of nitrogens with zero attached hydrogens (tertiary/aromatic N) is 1. The number of aromatic nitrogens is 1. The van der Waals surface area contributed by atoms with Crippen LogP contribution >= 0.6 is 0 Å². The van der Waals surface area contributed by atoms with Gasteiger partial charge in [-0.25, -0.2) is 0 Å². The van der Waals surface area contributed by atoms with Crippen LogP contribution in [0.1, 0.15) is 43.7 Å². The fourth-order valence-corrected chi connectivity index (χ4v) is 2.62. The van der Waals surface area contributed by atoms with Crippen molar-refractivity contribution in [3.63, 3.8) is 0 Å². The van der Waals surface area contributed by atoms with Crippen LogP contribution < -0.4 is 10.8 Å². The zero-order chi connectivity index (χ0) is 18.2. The van der Waals surface area contributed by atoms with Crippen molar-refractivity contribution in [3.8, 4) is 0 Å². The Kier molecular flexibility index (Phi) is 4.43. The van der Waals surface area contributed by atoms with Crippen molar-refractivity contribution in [3.05, 3.63) is 53.9 Å². The van der Waals surface area contributed by atoms with Crippen molar-refractivity contribution in [1.82, 2.24) is 4.98 Å². The second kappa shape index (κ2) is 6.28. The fraction of sp³-hybridized carbons (Fsp3) is 0.368. The van der Waals surface area contributed by atoms with Gasteiger partial charge in [-0.05, 0) is 63.8 Å². The molecular formula is C19H23BN2O3. The minimum atomic E-state index is -0.409. The Morgan fingerprint density at radius 1 is 1.04 bits per heavy atom. The Bertz CT molecular complexity index is 772. The van der Waals surface area contributed by atoms with Crippen molar-refractivity contribution >= 4 is 24.2 Å². The average Bonchev–Trinajstić information content (AvgIpc) is 2.76. The Hall–Kier alpha value is -2.18. The van der Waals surface area contributed by atoms with E-state index >= 15 is 0 Å². The molecule has 0 unspecified atom stereocenters. The van der Waals surface area contributed by atoms with Gasteiger partial charge in [-0.3, -0.25) is 9.78 Å². The zero-order valence-electron chi connectivity index (χ0n) is 15.3. The van der Waals surface area contributed by atoms with Gasteiger partial charge in [-0.15, -0.1) is 0 Å². The third-order valence-corrected chi connectivity index (χ3v) is 4.92. The Balaban J connectivity index is 1.71. The van der Waals surface area contributed by atoms with E-state index < -0.39 is 7.12 Å². The van der Waals surface area contributed by atoms with E-state index in [4.69, 9.17) is 9.31 Å². The summed E-state index contributed by atoms with van der Waals surface area (Å²) in [7, 11) is -0.409. The molecular weight excluding hydrogens is 315 g/mol. The number of pyridine rings is 1. The molecule has 0 aliphatic carbocycles. The van der Waals surface area contributed by atoms with Crippen LogP contribution in [-0.4, -0.2) is 29.2 Å². The summed E-state index contributed by atoms with van der Waals surface area (Å²) in [4.78, 5) is 16.5. The molecule has 1 fully saturated rings. The lowest BCUT2D eigenvalue weighted by atomic mass is 9.79. The van der Waals surface area contributed by atoms with Crippen molar-refractivity contribution in [1.29, 1.82) is 0 Å². The minimum Gasteiger partial charge on any atom is -0.399 e. The summed E-state index contributed by atoms with van der Waals surface area (Å²) in [5.74, 6) is -0.221. The minimum absolute atomic E-state index is 0.221. The highest BCUT2D eigenvalue weighted by atomic mass is 16.7. The topological polar surface area (TPSA) is 60.5 Å². The van der Waals surface area contributed by atoms with E-state index in [1.807, 2.05) is 71.0 Å². The van der Waals surface area contributed by atoms with Crippen LogP contribution in [0.2, 0.25) is 0 Å². The zero-order valence-corrected chi connectivity index (χ0v) is 15.3. The molecule has 1 aliphatic rings. The number of benzene rings is 1. The molecule has 1 aromatic carbocycles. The maximum absolute atomic E-state index is 12.3. The summed E-state index contributed by atoms with van der Waals surface area (Å²) >= 11 is 0. The molecule has 2 heterocycles. The van der Waals surface area contributed by atoms with Gasteiger partial charge in [-0.2, -0.15) is 0 Å². The van der Waals surface area contributed by atoms with Gasteiger partial charge in [0.15, 0.2) is 0 Å². The molecule has 1 aromatic heterocycles. The van der Waals surface area contributed by atoms with Gasteiger partial charge >= 0.3 is 7.12 Å². The molecule has 130 valence electrons. The Morgan fingerprint density at radius 2 is 1.64 bits per heavy atom. The maximum Gasteiger partial charge on any atom is 0.494 e. The third kappa shape index (κ3) is 3.46. The van der Waals surface area contributed by atoms with Crippen LogP contribution in [0, 0.1) is 6.92 Å². The fourth-order valence-electron chi connectivity index (χ4n) is 2.62. The van der Waals surface area contributed by atoms with Crippen LogP contribution in [-0.2, 0) is 9.31 Å². The second-order valence-corrected chi connectivity index (χ2v) is 7.33. The van der Waals surface area contributed by atoms with E-state index in [9.17, 15) is 4.79 Å². The molecule has 25 heavy (non-hydrogen) atoms. The van der Waals surface area contributed by atoms with Gasteiger partial charge < -0.3 is 14.6 Å². The lowest BCUT2D eigenvalue weighted by Crippen LogP contribution is -2.41. The number of rotatable bonds is 3. The number of carbonyl (C=O) groups is 1. The lowest BCUT2D eigenvalue weighted by molar-refractivity contribution is 0.00578. The molecule has 1 saturated heterocycles. The van der Waals surface area contributed by atoms with Crippen LogP contribution in [0.25, 0.3) is 0 Å². The van der Waals surface area contributed by atoms with Crippen LogP contribution in [0.5, 0.6) is 0 Å². The summed E-state index contributed by atoms with van der Waals surface area (Å²) in [6, 6.07) is 11.2. The Morgan fingerprint density at radius 3 is 2.20 bits per heavy atom. The number of aryl methyl sites for hydroxylation is 1. The van der Waals surface area contributed by atoms with E-state index in [2.05, 4.69) is 10.3 Å². The smallest absolute Gasteiger partial charge is 0.399 e. The molecule has 0 atom stereocenters. The molecule has 3 rings (SSSR count). The van der Waals surface area contributed by atoms with Gasteiger partial charge in [0.25, 0.3) is 5.91 Å². The highest BCUT2D eigenvalue weighted by molar-refractivity contribution is 6.62. The highest BCUT2D eigenvalue weighted by Gasteiger charge is 2.51. The molecule has 6 heteroatoms. The van der Waals surface area contributed by atoms with Gasteiger partial charge in [0.05, 0.1) is 11.2 Å². The second-order valence-electron chi connectivity index (χ2n) is 7.33. The molecule has 5 nitrogen and oxygen atoms in total. The molecule has 0 radical (unpaired) electrons. The molecule has 0 spiro atoms.